The number of carbonyl (C=O) groups excluding carboxylic acids is 2. The van der Waals surface area contributed by atoms with E-state index in [4.69, 9.17) is 18.9 Å². The van der Waals surface area contributed by atoms with E-state index in [0.717, 1.165) is 32.1 Å². The van der Waals surface area contributed by atoms with Crippen LogP contribution in [0.2, 0.25) is 0 Å². The van der Waals surface area contributed by atoms with Crippen LogP contribution >= 0.6 is 0 Å². The molecule has 27 heavy (non-hydrogen) atoms. The van der Waals surface area contributed by atoms with E-state index in [9.17, 15) is 19.6 Å². The van der Waals surface area contributed by atoms with Crippen molar-refractivity contribution in [1.82, 2.24) is 0 Å². The molecule has 1 unspecified atom stereocenters. The SMILES string of the molecule is CCCCCCCC1O[C@H]([C@@H](O)C(=O)OCC)[C@@H](N=O)[C@@H](C(=O)OCC)O1. The minimum atomic E-state index is -1.75. The molecule has 5 atom stereocenters. The third kappa shape index (κ3) is 7.15. The first-order valence-electron chi connectivity index (χ1n) is 9.64. The minimum absolute atomic E-state index is 0.0560. The first kappa shape index (κ1) is 23.5. The molecule has 0 aromatic heterocycles. The molecular formula is C18H31NO8. The van der Waals surface area contributed by atoms with Gasteiger partial charge in [0, 0.05) is 0 Å². The van der Waals surface area contributed by atoms with Crippen LogP contribution in [0.15, 0.2) is 5.18 Å². The predicted octanol–water partition coefficient (Wildman–Crippen LogP) is 2.08. The largest absolute Gasteiger partial charge is 0.464 e. The fourth-order valence-electron chi connectivity index (χ4n) is 2.91. The lowest BCUT2D eigenvalue weighted by Crippen LogP contribution is -2.58. The summed E-state index contributed by atoms with van der Waals surface area (Å²) < 4.78 is 20.9. The highest BCUT2D eigenvalue weighted by molar-refractivity contribution is 5.78. The number of rotatable bonds is 12. The fraction of sp³-hybridized carbons (Fsp3) is 0.889. The second-order valence-electron chi connectivity index (χ2n) is 6.33. The van der Waals surface area contributed by atoms with Gasteiger partial charge < -0.3 is 24.1 Å². The molecule has 1 aliphatic rings. The lowest BCUT2D eigenvalue weighted by molar-refractivity contribution is -0.270. The molecule has 1 N–H and O–H groups in total. The van der Waals surface area contributed by atoms with Crippen LogP contribution in [0.5, 0.6) is 0 Å². The standard InChI is InChI=1S/C18H31NO8/c1-4-7-8-9-10-11-12-26-15(14(20)17(21)24-5-2)13(19-23)16(27-12)18(22)25-6-3/h12-16,20H,4-11H2,1-3H3/t12?,13-,14-,15+,16+/m1/s1. The summed E-state index contributed by atoms with van der Waals surface area (Å²) in [4.78, 5) is 35.4. The molecule has 0 bridgehead atoms. The molecule has 9 nitrogen and oxygen atoms in total. The Bertz CT molecular complexity index is 472. The molecule has 0 amide bonds. The van der Waals surface area contributed by atoms with Crippen LogP contribution in [0.1, 0.15) is 59.3 Å². The number of esters is 2. The summed E-state index contributed by atoms with van der Waals surface area (Å²) in [6.07, 6.45) is 0.208. The van der Waals surface area contributed by atoms with E-state index in [-0.39, 0.29) is 13.2 Å². The van der Waals surface area contributed by atoms with Gasteiger partial charge in [-0.05, 0) is 26.7 Å². The van der Waals surface area contributed by atoms with Crippen LogP contribution in [-0.4, -0.2) is 60.9 Å². The number of nitrogens with zero attached hydrogens (tertiary/aromatic N) is 1. The van der Waals surface area contributed by atoms with Crippen molar-refractivity contribution >= 4 is 11.9 Å². The molecule has 1 rings (SSSR count). The van der Waals surface area contributed by atoms with Gasteiger partial charge in [-0.1, -0.05) is 37.8 Å². The molecule has 1 fully saturated rings. The van der Waals surface area contributed by atoms with Crippen molar-refractivity contribution < 1.29 is 33.6 Å². The quantitative estimate of drug-likeness (QED) is 0.306. The van der Waals surface area contributed by atoms with Gasteiger partial charge in [0.15, 0.2) is 24.5 Å². The van der Waals surface area contributed by atoms with Gasteiger partial charge in [0.05, 0.1) is 13.2 Å². The lowest BCUT2D eigenvalue weighted by Gasteiger charge is -2.38. The zero-order valence-electron chi connectivity index (χ0n) is 16.3. The van der Waals surface area contributed by atoms with Gasteiger partial charge >= 0.3 is 11.9 Å². The van der Waals surface area contributed by atoms with Crippen LogP contribution in [-0.2, 0) is 28.5 Å². The Hall–Kier alpha value is -1.58. The molecule has 1 heterocycles. The lowest BCUT2D eigenvalue weighted by atomic mass is 9.98. The number of ether oxygens (including phenoxy) is 4. The monoisotopic (exact) mass is 389 g/mol. The molecule has 0 aliphatic carbocycles. The Morgan fingerprint density at radius 3 is 2.30 bits per heavy atom. The molecule has 0 spiro atoms. The first-order chi connectivity index (χ1) is 13.0. The topological polar surface area (TPSA) is 121 Å². The summed E-state index contributed by atoms with van der Waals surface area (Å²) in [5, 5.41) is 13.1. The molecule has 9 heteroatoms. The van der Waals surface area contributed by atoms with Crippen molar-refractivity contribution in [1.29, 1.82) is 0 Å². The Morgan fingerprint density at radius 2 is 1.70 bits per heavy atom. The molecular weight excluding hydrogens is 358 g/mol. The average molecular weight is 389 g/mol. The summed E-state index contributed by atoms with van der Waals surface area (Å²) in [7, 11) is 0. The second kappa shape index (κ2) is 12.7. The van der Waals surface area contributed by atoms with Crippen molar-refractivity contribution in [2.24, 2.45) is 5.18 Å². The van der Waals surface area contributed by atoms with Crippen LogP contribution < -0.4 is 0 Å². The van der Waals surface area contributed by atoms with Crippen LogP contribution in [0.3, 0.4) is 0 Å². The molecule has 0 aromatic carbocycles. The number of nitroso groups, excluding NO2 is 1. The third-order valence-electron chi connectivity index (χ3n) is 4.28. The minimum Gasteiger partial charge on any atom is -0.464 e. The maximum atomic E-state index is 12.2. The van der Waals surface area contributed by atoms with Gasteiger partial charge in [0.1, 0.15) is 6.10 Å². The maximum absolute atomic E-state index is 12.2. The number of aliphatic hydroxyl groups excluding tert-OH is 1. The van der Waals surface area contributed by atoms with Crippen LogP contribution in [0, 0.1) is 4.91 Å². The van der Waals surface area contributed by atoms with E-state index in [0.29, 0.717) is 6.42 Å². The van der Waals surface area contributed by atoms with E-state index >= 15 is 0 Å². The smallest absolute Gasteiger partial charge is 0.337 e. The van der Waals surface area contributed by atoms with Crippen molar-refractivity contribution in [3.63, 3.8) is 0 Å². The van der Waals surface area contributed by atoms with Gasteiger partial charge in [-0.25, -0.2) is 9.59 Å². The van der Waals surface area contributed by atoms with Crippen LogP contribution in [0.4, 0.5) is 0 Å². The van der Waals surface area contributed by atoms with Gasteiger partial charge in [-0.15, -0.1) is 0 Å². The summed E-state index contributed by atoms with van der Waals surface area (Å²) in [6.45, 7) is 5.48. The zero-order valence-corrected chi connectivity index (χ0v) is 16.3. The highest BCUT2D eigenvalue weighted by Crippen LogP contribution is 2.28. The van der Waals surface area contributed by atoms with E-state index in [1.54, 1.807) is 13.8 Å². The molecule has 1 saturated heterocycles. The average Bonchev–Trinajstić information content (AvgIpc) is 2.66. The molecule has 0 radical (unpaired) electrons. The van der Waals surface area contributed by atoms with Crippen LogP contribution in [0.25, 0.3) is 0 Å². The second-order valence-corrected chi connectivity index (χ2v) is 6.33. The van der Waals surface area contributed by atoms with Gasteiger partial charge in [-0.3, -0.25) is 0 Å². The van der Waals surface area contributed by atoms with E-state index in [1.807, 2.05) is 0 Å². The van der Waals surface area contributed by atoms with Gasteiger partial charge in [0.25, 0.3) is 0 Å². The Kier molecular flexibility index (Phi) is 11.1. The van der Waals surface area contributed by atoms with Crippen molar-refractivity contribution in [3.05, 3.63) is 4.91 Å². The van der Waals surface area contributed by atoms with E-state index in [2.05, 4.69) is 12.1 Å². The van der Waals surface area contributed by atoms with E-state index in [1.165, 1.54) is 0 Å². The summed E-state index contributed by atoms with van der Waals surface area (Å²) in [6, 6.07) is -1.42. The zero-order chi connectivity index (χ0) is 20.2. The Morgan fingerprint density at radius 1 is 1.04 bits per heavy atom. The van der Waals surface area contributed by atoms with E-state index < -0.39 is 42.6 Å². The maximum Gasteiger partial charge on any atom is 0.337 e. The summed E-state index contributed by atoms with van der Waals surface area (Å²) >= 11 is 0. The Labute approximate surface area is 159 Å². The number of hydrogen-bond acceptors (Lipinski definition) is 9. The van der Waals surface area contributed by atoms with Crippen molar-refractivity contribution in [2.75, 3.05) is 13.2 Å². The highest BCUT2D eigenvalue weighted by atomic mass is 16.7. The number of unbranched alkanes of at least 4 members (excludes halogenated alkanes) is 4. The molecule has 0 aromatic rings. The highest BCUT2D eigenvalue weighted by Gasteiger charge is 2.50. The fourth-order valence-corrected chi connectivity index (χ4v) is 2.91. The molecule has 156 valence electrons. The number of carbonyl (C=O) groups is 2. The molecule has 1 aliphatic heterocycles. The summed E-state index contributed by atoms with van der Waals surface area (Å²) in [5.74, 6) is -1.72. The van der Waals surface area contributed by atoms with Gasteiger partial charge in [0.2, 0.25) is 0 Å². The summed E-state index contributed by atoms with van der Waals surface area (Å²) in [5.41, 5.74) is 0. The Balaban J connectivity index is 2.87. The van der Waals surface area contributed by atoms with Gasteiger partial charge in [-0.2, -0.15) is 4.91 Å². The van der Waals surface area contributed by atoms with Crippen molar-refractivity contribution in [2.45, 2.75) is 89.9 Å². The number of aliphatic hydroxyl groups is 1. The predicted molar refractivity (Wildman–Crippen MR) is 95.8 cm³/mol. The normalized spacial score (nSPS) is 26.2. The number of hydrogen-bond donors (Lipinski definition) is 1. The first-order valence-corrected chi connectivity index (χ1v) is 9.64. The third-order valence-corrected chi connectivity index (χ3v) is 4.28. The molecule has 0 saturated carbocycles. The van der Waals surface area contributed by atoms with Crippen molar-refractivity contribution in [3.8, 4) is 0 Å².